The molecule has 34 heavy (non-hydrogen) atoms. The Morgan fingerprint density at radius 3 is 2.47 bits per heavy atom. The van der Waals surface area contributed by atoms with Gasteiger partial charge in [-0.15, -0.1) is 11.3 Å². The number of alkyl halides is 3. The van der Waals surface area contributed by atoms with Gasteiger partial charge in [-0.05, 0) is 30.3 Å². The zero-order valence-corrected chi connectivity index (χ0v) is 19.4. The van der Waals surface area contributed by atoms with Crippen LogP contribution in [0.1, 0.15) is 0 Å². The van der Waals surface area contributed by atoms with Crippen molar-refractivity contribution in [2.24, 2.45) is 0 Å². The van der Waals surface area contributed by atoms with Crippen LogP contribution < -0.4 is 20.3 Å². The third kappa shape index (κ3) is 6.16. The number of aromatic nitrogens is 3. The Balaban J connectivity index is 0.000000406. The number of urea groups is 1. The highest BCUT2D eigenvalue weighted by Crippen LogP contribution is 2.27. The van der Waals surface area contributed by atoms with E-state index in [-0.39, 0.29) is 6.03 Å². The molecule has 4 rings (SSSR count). The van der Waals surface area contributed by atoms with Crippen LogP contribution in [0.25, 0.3) is 22.6 Å². The third-order valence-corrected chi connectivity index (χ3v) is 5.63. The number of nitrogens with zero attached hydrogens (tertiary/aromatic N) is 2. The number of anilines is 2. The summed E-state index contributed by atoms with van der Waals surface area (Å²) in [5.41, 5.74) is 5.73. The van der Waals surface area contributed by atoms with Gasteiger partial charge in [0.1, 0.15) is 5.97 Å². The number of aliphatic carboxylic acids is 1. The summed E-state index contributed by atoms with van der Waals surface area (Å²) in [7, 11) is 1.66. The summed E-state index contributed by atoms with van der Waals surface area (Å²) >= 11 is 13.5. The molecule has 8 nitrogen and oxygen atoms in total. The molecule has 4 aromatic rings. The van der Waals surface area contributed by atoms with Gasteiger partial charge in [0, 0.05) is 29.9 Å². The maximum Gasteiger partial charge on any atom is 0.430 e. The second-order valence-corrected chi connectivity index (χ2v) is 8.16. The Labute approximate surface area is 204 Å². The maximum absolute atomic E-state index is 12.5. The molecule has 0 spiro atoms. The van der Waals surface area contributed by atoms with Gasteiger partial charge in [-0.3, -0.25) is 4.90 Å². The second kappa shape index (κ2) is 10.3. The van der Waals surface area contributed by atoms with E-state index in [4.69, 9.17) is 33.1 Å². The molecule has 2 heterocycles. The van der Waals surface area contributed by atoms with Crippen LogP contribution >= 0.6 is 34.5 Å². The molecule has 0 bridgehead atoms. The topological polar surface area (TPSA) is 115 Å². The van der Waals surface area contributed by atoms with Crippen LogP contribution in [-0.2, 0) is 4.79 Å². The molecule has 0 saturated carbocycles. The Kier molecular flexibility index (Phi) is 7.64. The number of nitrogens with one attached hydrogen (secondary N) is 3. The number of rotatable bonds is 3. The lowest BCUT2D eigenvalue weighted by Crippen LogP contribution is -2.37. The summed E-state index contributed by atoms with van der Waals surface area (Å²) < 4.78 is 31.5. The van der Waals surface area contributed by atoms with Gasteiger partial charge in [0.05, 0.1) is 15.6 Å². The van der Waals surface area contributed by atoms with E-state index in [1.807, 2.05) is 23.6 Å². The van der Waals surface area contributed by atoms with Crippen LogP contribution in [0.4, 0.5) is 29.3 Å². The molecule has 0 unspecified atom stereocenters. The lowest BCUT2D eigenvalue weighted by atomic mass is 10.2. The van der Waals surface area contributed by atoms with E-state index in [2.05, 4.69) is 20.3 Å². The van der Waals surface area contributed by atoms with Crippen LogP contribution in [0.3, 0.4) is 0 Å². The first kappa shape index (κ1) is 25.3. The molecule has 14 heteroatoms. The van der Waals surface area contributed by atoms with Crippen molar-refractivity contribution >= 4 is 68.9 Å². The summed E-state index contributed by atoms with van der Waals surface area (Å²) in [6.07, 6.45) is -5.19. The first-order chi connectivity index (χ1) is 16.0. The van der Waals surface area contributed by atoms with Crippen molar-refractivity contribution < 1.29 is 32.9 Å². The molecule has 178 valence electrons. The quantitative estimate of drug-likeness (QED) is 0.408. The van der Waals surface area contributed by atoms with E-state index in [1.165, 1.54) is 16.2 Å². The van der Waals surface area contributed by atoms with Crippen LogP contribution in [0.2, 0.25) is 10.0 Å². The number of benzene rings is 2. The Morgan fingerprint density at radius 1 is 1.18 bits per heavy atom. The number of H-pyrrole nitrogens is 2. The Morgan fingerprint density at radius 2 is 1.88 bits per heavy atom. The minimum atomic E-state index is -5.19. The predicted octanol–water partition coefficient (Wildman–Crippen LogP) is 4.38. The molecule has 2 aromatic heterocycles. The summed E-state index contributed by atoms with van der Waals surface area (Å²) in [6.45, 7) is 0. The number of thiazole rings is 1. The molecule has 0 radical (unpaired) electrons. The Bertz CT molecular complexity index is 1330. The number of halogens is 5. The molecule has 0 saturated heterocycles. The number of carbonyl (C=O) groups is 2. The zero-order valence-electron chi connectivity index (χ0n) is 17.0. The van der Waals surface area contributed by atoms with Gasteiger partial charge in [0.25, 0.3) is 0 Å². The van der Waals surface area contributed by atoms with E-state index in [0.717, 1.165) is 22.6 Å². The standard InChI is InChI=1S/C18H13Cl2N5OS.C2HF3O2/c1-25(11-3-4-12(19)13(20)7-11)18(26)22-10-2-5-14-15(6-10)24-17(23-14)16-8-27-9-21-16;3-2(4,5)1(6)7/h2-9H,1H3,(H,22,26)(H,23,24);(H,6,7). The highest BCUT2D eigenvalue weighted by Gasteiger charge is 2.28. The number of amides is 2. The lowest BCUT2D eigenvalue weighted by Gasteiger charge is -2.18. The third-order valence-electron chi connectivity index (χ3n) is 4.31. The van der Waals surface area contributed by atoms with Crippen molar-refractivity contribution in [1.82, 2.24) is 9.97 Å². The van der Waals surface area contributed by atoms with Gasteiger partial charge < -0.3 is 15.2 Å². The van der Waals surface area contributed by atoms with Crippen molar-refractivity contribution in [1.29, 1.82) is 0 Å². The molecule has 2 amide bonds. The molecular formula is C20H14Cl2F3N5O3S. The van der Waals surface area contributed by atoms with Crippen LogP contribution in [-0.4, -0.2) is 35.2 Å². The first-order valence-corrected chi connectivity index (χ1v) is 10.9. The molecule has 3 N–H and O–H groups in total. The van der Waals surface area contributed by atoms with Crippen molar-refractivity contribution in [3.63, 3.8) is 0 Å². The fourth-order valence-corrected chi connectivity index (χ4v) is 3.45. The lowest BCUT2D eigenvalue weighted by molar-refractivity contribution is -0.344. The largest absolute Gasteiger partial charge is 0.542 e. The summed E-state index contributed by atoms with van der Waals surface area (Å²) in [5, 5.41) is 14.5. The van der Waals surface area contributed by atoms with Crippen LogP contribution in [0.15, 0.2) is 47.3 Å². The minimum Gasteiger partial charge on any atom is -0.542 e. The number of hydrogen-bond donors (Lipinski definition) is 2. The number of carboxylic acids is 1. The van der Waals surface area contributed by atoms with Gasteiger partial charge in [0.2, 0.25) is 0 Å². The number of aromatic amines is 2. The summed E-state index contributed by atoms with van der Waals surface area (Å²) in [4.78, 5) is 33.6. The number of hydrogen-bond acceptors (Lipinski definition) is 5. The van der Waals surface area contributed by atoms with Gasteiger partial charge in [-0.2, -0.15) is 13.2 Å². The number of fused-ring (bicyclic) bond motifs is 1. The van der Waals surface area contributed by atoms with Crippen LogP contribution in [0.5, 0.6) is 0 Å². The minimum absolute atomic E-state index is 0.289. The highest BCUT2D eigenvalue weighted by atomic mass is 35.5. The summed E-state index contributed by atoms with van der Waals surface area (Å²) in [5.74, 6) is -2.19. The molecule has 0 aliphatic carbocycles. The van der Waals surface area contributed by atoms with E-state index >= 15 is 0 Å². The second-order valence-electron chi connectivity index (χ2n) is 6.63. The maximum atomic E-state index is 12.5. The van der Waals surface area contributed by atoms with Gasteiger partial charge in [0.15, 0.2) is 16.7 Å². The average Bonchev–Trinajstić information content (AvgIpc) is 3.44. The normalized spacial score (nSPS) is 11.0. The number of carboxylic acid groups (broad SMARTS) is 1. The smallest absolute Gasteiger partial charge is 0.430 e. The van der Waals surface area contributed by atoms with E-state index in [1.54, 1.807) is 30.8 Å². The highest BCUT2D eigenvalue weighted by molar-refractivity contribution is 7.07. The van der Waals surface area contributed by atoms with E-state index in [9.17, 15) is 18.0 Å². The first-order valence-electron chi connectivity index (χ1n) is 9.17. The van der Waals surface area contributed by atoms with Gasteiger partial charge in [-0.25, -0.2) is 19.7 Å². The van der Waals surface area contributed by atoms with E-state index < -0.39 is 12.1 Å². The van der Waals surface area contributed by atoms with Gasteiger partial charge in [-0.1, -0.05) is 23.2 Å². The fourth-order valence-electron chi connectivity index (χ4n) is 2.62. The van der Waals surface area contributed by atoms with Crippen molar-refractivity contribution in [3.8, 4) is 11.5 Å². The zero-order chi connectivity index (χ0) is 25.0. The molecule has 0 atom stereocenters. The van der Waals surface area contributed by atoms with Crippen molar-refractivity contribution in [2.75, 3.05) is 17.3 Å². The predicted molar refractivity (Wildman–Crippen MR) is 121 cm³/mol. The summed E-state index contributed by atoms with van der Waals surface area (Å²) in [6, 6.07) is 10.3. The molecule has 0 fully saturated rings. The van der Waals surface area contributed by atoms with Crippen molar-refractivity contribution in [3.05, 3.63) is 57.3 Å². The van der Waals surface area contributed by atoms with Crippen LogP contribution in [0, 0.1) is 0 Å². The molecule has 0 aliphatic heterocycles. The van der Waals surface area contributed by atoms with E-state index in [0.29, 0.717) is 21.4 Å². The fraction of sp³-hybridized carbons (Fsp3) is 0.100. The monoisotopic (exact) mass is 531 g/mol. The number of imidazole rings is 1. The van der Waals surface area contributed by atoms with Gasteiger partial charge >= 0.3 is 18.0 Å². The molecule has 2 aromatic carbocycles. The number of carbonyl (C=O) groups excluding carboxylic acids is 2. The molecular weight excluding hydrogens is 518 g/mol. The Hall–Kier alpha value is -3.35. The van der Waals surface area contributed by atoms with Crippen molar-refractivity contribution in [2.45, 2.75) is 6.18 Å². The molecule has 0 aliphatic rings. The SMILES string of the molecule is CN(C(=O)Nc1ccc2[nH+]c(-c3cscn3)[nH]c2c1)c1ccc(Cl)c(Cl)c1.O=C([O-])C(F)(F)F. The average molecular weight is 532 g/mol.